The monoisotopic (exact) mass is 695 g/mol. The standard InChI is InChI=1S/C51H37NS/c1-51(2)47-21-10-8-17-42(47)46-33-39(31-32-48(46)51)52(37-27-23-35(24-28-37)34-13-4-3-5-14-34)38-29-25-36(26-30-38)40-15-6-7-16-41(40)44-19-12-20-45-43-18-9-11-22-49(43)53-50(44)45/h3-33H,1-2H3. The van der Waals surface area contributed by atoms with E-state index in [2.05, 4.69) is 207 Å². The molecule has 0 saturated carbocycles. The fourth-order valence-electron chi connectivity index (χ4n) is 8.45. The van der Waals surface area contributed by atoms with Crippen LogP contribution in [0.2, 0.25) is 0 Å². The van der Waals surface area contributed by atoms with Gasteiger partial charge in [-0.05, 0) is 92.5 Å². The minimum absolute atomic E-state index is 0.0399. The third-order valence-electron chi connectivity index (χ3n) is 11.1. The van der Waals surface area contributed by atoms with Gasteiger partial charge in [-0.25, -0.2) is 0 Å². The van der Waals surface area contributed by atoms with E-state index in [1.807, 2.05) is 11.3 Å². The van der Waals surface area contributed by atoms with Crippen molar-refractivity contribution in [2.24, 2.45) is 0 Å². The van der Waals surface area contributed by atoms with E-state index in [-0.39, 0.29) is 5.41 Å². The maximum atomic E-state index is 2.40. The molecule has 2 heteroatoms. The number of anilines is 3. The summed E-state index contributed by atoms with van der Waals surface area (Å²) in [4.78, 5) is 2.40. The summed E-state index contributed by atoms with van der Waals surface area (Å²) in [5, 5.41) is 2.65. The van der Waals surface area contributed by atoms with Gasteiger partial charge in [0.05, 0.1) is 0 Å². The van der Waals surface area contributed by atoms with Crippen molar-refractivity contribution in [2.75, 3.05) is 4.90 Å². The Morgan fingerprint density at radius 1 is 0.377 bits per heavy atom. The number of rotatable bonds is 6. The smallest absolute Gasteiger partial charge is 0.0468 e. The van der Waals surface area contributed by atoms with E-state index in [0.29, 0.717) is 0 Å². The molecular weight excluding hydrogens is 659 g/mol. The summed E-state index contributed by atoms with van der Waals surface area (Å²) in [5.41, 5.74) is 16.2. The fraction of sp³-hybridized carbons (Fsp3) is 0.0588. The Morgan fingerprint density at radius 2 is 0.925 bits per heavy atom. The molecule has 0 N–H and O–H groups in total. The molecule has 8 aromatic carbocycles. The van der Waals surface area contributed by atoms with Gasteiger partial charge in [0.1, 0.15) is 0 Å². The maximum Gasteiger partial charge on any atom is 0.0468 e. The lowest BCUT2D eigenvalue weighted by Gasteiger charge is -2.27. The first-order chi connectivity index (χ1) is 26.0. The molecule has 0 atom stereocenters. The summed E-state index contributed by atoms with van der Waals surface area (Å²) in [6, 6.07) is 69.0. The van der Waals surface area contributed by atoms with Crippen molar-refractivity contribution >= 4 is 48.6 Å². The molecule has 1 aromatic heterocycles. The lowest BCUT2D eigenvalue weighted by molar-refractivity contribution is 0.660. The Kier molecular flexibility index (Phi) is 7.42. The van der Waals surface area contributed by atoms with Gasteiger partial charge in [-0.3, -0.25) is 0 Å². The highest BCUT2D eigenvalue weighted by molar-refractivity contribution is 7.26. The van der Waals surface area contributed by atoms with Gasteiger partial charge in [-0.15, -0.1) is 11.3 Å². The number of hydrogen-bond acceptors (Lipinski definition) is 2. The van der Waals surface area contributed by atoms with Crippen LogP contribution in [-0.4, -0.2) is 0 Å². The van der Waals surface area contributed by atoms with Crippen molar-refractivity contribution in [3.8, 4) is 44.5 Å². The Balaban J connectivity index is 1.08. The Morgan fingerprint density at radius 3 is 1.70 bits per heavy atom. The molecule has 0 fully saturated rings. The van der Waals surface area contributed by atoms with Crippen LogP contribution in [-0.2, 0) is 5.41 Å². The molecule has 10 rings (SSSR count). The molecule has 1 heterocycles. The van der Waals surface area contributed by atoms with Gasteiger partial charge in [0.15, 0.2) is 0 Å². The Bertz CT molecular complexity index is 2790. The van der Waals surface area contributed by atoms with E-state index < -0.39 is 0 Å². The van der Waals surface area contributed by atoms with Crippen LogP contribution in [0.15, 0.2) is 188 Å². The number of nitrogens with zero attached hydrogens (tertiary/aromatic N) is 1. The molecule has 0 saturated heterocycles. The summed E-state index contributed by atoms with van der Waals surface area (Å²) >= 11 is 1.89. The van der Waals surface area contributed by atoms with E-state index in [1.54, 1.807) is 0 Å². The quantitative estimate of drug-likeness (QED) is 0.167. The second kappa shape index (κ2) is 12.5. The van der Waals surface area contributed by atoms with E-state index in [1.165, 1.54) is 75.8 Å². The van der Waals surface area contributed by atoms with Gasteiger partial charge < -0.3 is 4.90 Å². The van der Waals surface area contributed by atoms with Gasteiger partial charge >= 0.3 is 0 Å². The average Bonchev–Trinajstić information content (AvgIpc) is 3.71. The second-order valence-corrected chi connectivity index (χ2v) is 15.6. The first kappa shape index (κ1) is 31.5. The summed E-state index contributed by atoms with van der Waals surface area (Å²) in [6.07, 6.45) is 0. The van der Waals surface area contributed by atoms with E-state index in [0.717, 1.165) is 17.1 Å². The highest BCUT2D eigenvalue weighted by Crippen LogP contribution is 2.51. The van der Waals surface area contributed by atoms with Gasteiger partial charge in [0.2, 0.25) is 0 Å². The molecule has 0 aliphatic heterocycles. The van der Waals surface area contributed by atoms with Gasteiger partial charge in [-0.2, -0.15) is 0 Å². The van der Waals surface area contributed by atoms with Crippen molar-refractivity contribution in [2.45, 2.75) is 19.3 Å². The van der Waals surface area contributed by atoms with Crippen molar-refractivity contribution in [3.63, 3.8) is 0 Å². The lowest BCUT2D eigenvalue weighted by Crippen LogP contribution is -2.15. The van der Waals surface area contributed by atoms with Crippen LogP contribution >= 0.6 is 11.3 Å². The van der Waals surface area contributed by atoms with Crippen LogP contribution in [0.3, 0.4) is 0 Å². The topological polar surface area (TPSA) is 3.24 Å². The predicted octanol–water partition coefficient (Wildman–Crippen LogP) is 14.8. The third kappa shape index (κ3) is 5.21. The highest BCUT2D eigenvalue weighted by atomic mass is 32.1. The number of hydrogen-bond donors (Lipinski definition) is 0. The molecule has 0 unspecified atom stereocenters. The zero-order chi connectivity index (χ0) is 35.5. The van der Waals surface area contributed by atoms with Crippen molar-refractivity contribution < 1.29 is 0 Å². The molecule has 0 spiro atoms. The zero-order valence-corrected chi connectivity index (χ0v) is 30.6. The van der Waals surface area contributed by atoms with E-state index in [9.17, 15) is 0 Å². The summed E-state index contributed by atoms with van der Waals surface area (Å²) in [6.45, 7) is 4.68. The lowest BCUT2D eigenvalue weighted by atomic mass is 9.82. The molecule has 53 heavy (non-hydrogen) atoms. The van der Waals surface area contributed by atoms with Gasteiger partial charge in [-0.1, -0.05) is 159 Å². The van der Waals surface area contributed by atoms with Crippen molar-refractivity contribution in [1.29, 1.82) is 0 Å². The molecule has 9 aromatic rings. The van der Waals surface area contributed by atoms with Crippen LogP contribution in [0, 0.1) is 0 Å². The first-order valence-corrected chi connectivity index (χ1v) is 19.2. The summed E-state index contributed by atoms with van der Waals surface area (Å²) < 4.78 is 2.66. The molecule has 0 bridgehead atoms. The molecule has 1 nitrogen and oxygen atoms in total. The Labute approximate surface area is 315 Å². The average molecular weight is 696 g/mol. The third-order valence-corrected chi connectivity index (χ3v) is 12.3. The van der Waals surface area contributed by atoms with Crippen molar-refractivity contribution in [1.82, 2.24) is 0 Å². The maximum absolute atomic E-state index is 2.40. The van der Waals surface area contributed by atoms with Gasteiger partial charge in [0.25, 0.3) is 0 Å². The van der Waals surface area contributed by atoms with Crippen LogP contribution in [0.1, 0.15) is 25.0 Å². The molecule has 1 aliphatic carbocycles. The van der Waals surface area contributed by atoms with Gasteiger partial charge in [0, 0.05) is 48.2 Å². The molecular formula is C51H37NS. The van der Waals surface area contributed by atoms with Crippen molar-refractivity contribution in [3.05, 3.63) is 199 Å². The number of fused-ring (bicyclic) bond motifs is 6. The fourth-order valence-corrected chi connectivity index (χ4v) is 9.68. The zero-order valence-electron chi connectivity index (χ0n) is 29.8. The summed E-state index contributed by atoms with van der Waals surface area (Å²) in [5.74, 6) is 0. The number of benzene rings is 8. The minimum Gasteiger partial charge on any atom is -0.310 e. The molecule has 0 amide bonds. The largest absolute Gasteiger partial charge is 0.310 e. The van der Waals surface area contributed by atoms with E-state index >= 15 is 0 Å². The normalized spacial score (nSPS) is 12.9. The first-order valence-electron chi connectivity index (χ1n) is 18.3. The highest BCUT2D eigenvalue weighted by Gasteiger charge is 2.35. The second-order valence-electron chi connectivity index (χ2n) is 14.5. The summed E-state index contributed by atoms with van der Waals surface area (Å²) in [7, 11) is 0. The molecule has 1 aliphatic rings. The van der Waals surface area contributed by atoms with E-state index in [4.69, 9.17) is 0 Å². The molecule has 0 radical (unpaired) electrons. The SMILES string of the molecule is CC1(C)c2ccccc2-c2cc(N(c3ccc(-c4ccccc4)cc3)c3ccc(-c4ccccc4-c4cccc5c4sc4ccccc45)cc3)ccc21. The minimum atomic E-state index is -0.0399. The van der Waals surface area contributed by atoms with Crippen LogP contribution < -0.4 is 4.90 Å². The van der Waals surface area contributed by atoms with Crippen LogP contribution in [0.25, 0.3) is 64.7 Å². The predicted molar refractivity (Wildman–Crippen MR) is 228 cm³/mol. The Hall–Kier alpha value is -6.22. The number of thiophene rings is 1. The van der Waals surface area contributed by atoms with Crippen LogP contribution in [0.4, 0.5) is 17.1 Å². The van der Waals surface area contributed by atoms with Crippen LogP contribution in [0.5, 0.6) is 0 Å². The molecule has 252 valence electrons.